The molecule has 1 aromatic heterocycles. The van der Waals surface area contributed by atoms with Crippen LogP contribution in [0.4, 0.5) is 0 Å². The molecule has 0 spiro atoms. The summed E-state index contributed by atoms with van der Waals surface area (Å²) in [6.07, 6.45) is 7.62. The summed E-state index contributed by atoms with van der Waals surface area (Å²) in [4.78, 5) is 15.7. The van der Waals surface area contributed by atoms with Crippen LogP contribution in [0.25, 0.3) is 0 Å². The number of fused-ring (bicyclic) bond motifs is 1. The molecule has 24 heavy (non-hydrogen) atoms. The SMILES string of the molecule is C#CCN(CC(=O)NCc1sccc1C)C1CCc2ccccc21. The quantitative estimate of drug-likeness (QED) is 0.820. The van der Waals surface area contributed by atoms with Gasteiger partial charge in [0.2, 0.25) is 5.91 Å². The van der Waals surface area contributed by atoms with E-state index in [0.717, 1.165) is 12.8 Å². The van der Waals surface area contributed by atoms with Crippen molar-refractivity contribution in [2.45, 2.75) is 32.4 Å². The molecule has 1 aliphatic rings. The van der Waals surface area contributed by atoms with E-state index in [1.165, 1.54) is 21.6 Å². The Morgan fingerprint density at radius 3 is 3.00 bits per heavy atom. The molecule has 1 amide bonds. The van der Waals surface area contributed by atoms with Crippen molar-refractivity contribution in [3.05, 3.63) is 57.3 Å². The first-order valence-corrected chi connectivity index (χ1v) is 9.12. The van der Waals surface area contributed by atoms with Crippen LogP contribution in [0.5, 0.6) is 0 Å². The van der Waals surface area contributed by atoms with E-state index < -0.39 is 0 Å². The van der Waals surface area contributed by atoms with Gasteiger partial charge in [-0.2, -0.15) is 0 Å². The first-order valence-electron chi connectivity index (χ1n) is 8.24. The van der Waals surface area contributed by atoms with Crippen LogP contribution in [-0.4, -0.2) is 23.9 Å². The number of aryl methyl sites for hydroxylation is 2. The average Bonchev–Trinajstić information content (AvgIpc) is 3.18. The molecule has 3 nitrogen and oxygen atoms in total. The number of amides is 1. The Labute approximate surface area is 147 Å². The first kappa shape index (κ1) is 16.8. The van der Waals surface area contributed by atoms with Crippen LogP contribution in [0.3, 0.4) is 0 Å². The number of rotatable bonds is 6. The highest BCUT2D eigenvalue weighted by atomic mass is 32.1. The molecule has 0 radical (unpaired) electrons. The molecule has 1 N–H and O–H groups in total. The lowest BCUT2D eigenvalue weighted by Gasteiger charge is -2.27. The van der Waals surface area contributed by atoms with Gasteiger partial charge in [-0.05, 0) is 47.9 Å². The minimum Gasteiger partial charge on any atom is -0.350 e. The minimum atomic E-state index is 0.0300. The van der Waals surface area contributed by atoms with Crippen LogP contribution in [-0.2, 0) is 17.8 Å². The second kappa shape index (κ2) is 7.65. The molecule has 124 valence electrons. The van der Waals surface area contributed by atoms with Crippen molar-refractivity contribution < 1.29 is 4.79 Å². The highest BCUT2D eigenvalue weighted by Crippen LogP contribution is 2.35. The average molecular weight is 338 g/mol. The Bertz CT molecular complexity index is 759. The largest absolute Gasteiger partial charge is 0.350 e. The Hall–Kier alpha value is -2.09. The van der Waals surface area contributed by atoms with Gasteiger partial charge in [-0.25, -0.2) is 0 Å². The predicted molar refractivity (Wildman–Crippen MR) is 98.8 cm³/mol. The van der Waals surface area contributed by atoms with Gasteiger partial charge >= 0.3 is 0 Å². The Morgan fingerprint density at radius 2 is 2.25 bits per heavy atom. The maximum atomic E-state index is 12.4. The second-order valence-corrected chi connectivity index (χ2v) is 7.17. The Balaban J connectivity index is 1.63. The van der Waals surface area contributed by atoms with E-state index in [-0.39, 0.29) is 11.9 Å². The zero-order valence-corrected chi connectivity index (χ0v) is 14.7. The second-order valence-electron chi connectivity index (χ2n) is 6.17. The zero-order chi connectivity index (χ0) is 16.9. The van der Waals surface area contributed by atoms with Crippen molar-refractivity contribution in [3.63, 3.8) is 0 Å². The monoisotopic (exact) mass is 338 g/mol. The van der Waals surface area contributed by atoms with E-state index in [1.807, 2.05) is 0 Å². The van der Waals surface area contributed by atoms with Gasteiger partial charge < -0.3 is 5.32 Å². The molecule has 1 aliphatic carbocycles. The maximum absolute atomic E-state index is 12.4. The number of hydrogen-bond donors (Lipinski definition) is 1. The molecule has 1 heterocycles. The topological polar surface area (TPSA) is 32.3 Å². The van der Waals surface area contributed by atoms with Crippen LogP contribution >= 0.6 is 11.3 Å². The lowest BCUT2D eigenvalue weighted by Crippen LogP contribution is -2.38. The predicted octanol–water partition coefficient (Wildman–Crippen LogP) is 3.30. The lowest BCUT2D eigenvalue weighted by atomic mass is 10.1. The Kier molecular flexibility index (Phi) is 5.34. The minimum absolute atomic E-state index is 0.0300. The van der Waals surface area contributed by atoms with Gasteiger partial charge in [0.05, 0.1) is 19.6 Å². The molecule has 4 heteroatoms. The molecular weight excluding hydrogens is 316 g/mol. The van der Waals surface area contributed by atoms with Gasteiger partial charge in [0.25, 0.3) is 0 Å². The van der Waals surface area contributed by atoms with Gasteiger partial charge in [0.15, 0.2) is 0 Å². The number of thiophene rings is 1. The summed E-state index contributed by atoms with van der Waals surface area (Å²) < 4.78 is 0. The fourth-order valence-corrected chi connectivity index (χ4v) is 4.16. The molecule has 2 aromatic rings. The van der Waals surface area contributed by atoms with E-state index in [1.54, 1.807) is 11.3 Å². The molecule has 1 unspecified atom stereocenters. The van der Waals surface area contributed by atoms with Crippen LogP contribution in [0.1, 0.15) is 34.0 Å². The lowest BCUT2D eigenvalue weighted by molar-refractivity contribution is -0.122. The van der Waals surface area contributed by atoms with Crippen LogP contribution < -0.4 is 5.32 Å². The third kappa shape index (κ3) is 3.69. The number of hydrogen-bond acceptors (Lipinski definition) is 3. The van der Waals surface area contributed by atoms with Crippen LogP contribution in [0, 0.1) is 19.3 Å². The fraction of sp³-hybridized carbons (Fsp3) is 0.350. The maximum Gasteiger partial charge on any atom is 0.234 e. The standard InChI is InChI=1S/C20H22N2OS/c1-3-11-22(18-9-8-16-6-4-5-7-17(16)18)14-20(23)21-13-19-15(2)10-12-24-19/h1,4-7,10,12,18H,8-9,11,13-14H2,2H3,(H,21,23). The normalized spacial score (nSPS) is 16.0. The van der Waals surface area contributed by atoms with E-state index in [2.05, 4.69) is 58.8 Å². The van der Waals surface area contributed by atoms with Crippen molar-refractivity contribution in [2.24, 2.45) is 0 Å². The van der Waals surface area contributed by atoms with Gasteiger partial charge in [-0.1, -0.05) is 30.2 Å². The van der Waals surface area contributed by atoms with E-state index in [9.17, 15) is 4.79 Å². The van der Waals surface area contributed by atoms with Crippen molar-refractivity contribution in [2.75, 3.05) is 13.1 Å². The molecular formula is C20H22N2OS. The van der Waals surface area contributed by atoms with Gasteiger partial charge in [0.1, 0.15) is 0 Å². The third-order valence-electron chi connectivity index (χ3n) is 4.60. The van der Waals surface area contributed by atoms with E-state index in [0.29, 0.717) is 19.6 Å². The van der Waals surface area contributed by atoms with Gasteiger partial charge in [-0.15, -0.1) is 17.8 Å². The van der Waals surface area contributed by atoms with E-state index >= 15 is 0 Å². The van der Waals surface area contributed by atoms with Crippen molar-refractivity contribution in [1.29, 1.82) is 0 Å². The summed E-state index contributed by atoms with van der Waals surface area (Å²) in [6.45, 7) is 3.49. The number of benzene rings is 1. The molecule has 0 fully saturated rings. The number of carbonyl (C=O) groups is 1. The summed E-state index contributed by atoms with van der Waals surface area (Å²) in [5.41, 5.74) is 3.92. The molecule has 0 aliphatic heterocycles. The zero-order valence-electron chi connectivity index (χ0n) is 13.9. The van der Waals surface area contributed by atoms with Crippen molar-refractivity contribution >= 4 is 17.2 Å². The van der Waals surface area contributed by atoms with Crippen LogP contribution in [0.15, 0.2) is 35.7 Å². The highest BCUT2D eigenvalue weighted by Gasteiger charge is 2.28. The summed E-state index contributed by atoms with van der Waals surface area (Å²) in [5.74, 6) is 2.74. The van der Waals surface area contributed by atoms with Crippen molar-refractivity contribution in [1.82, 2.24) is 10.2 Å². The van der Waals surface area contributed by atoms with Gasteiger partial charge in [-0.3, -0.25) is 9.69 Å². The molecule has 1 aromatic carbocycles. The number of nitrogens with one attached hydrogen (secondary N) is 1. The Morgan fingerprint density at radius 1 is 1.42 bits per heavy atom. The summed E-state index contributed by atoms with van der Waals surface area (Å²) >= 11 is 1.68. The molecule has 0 saturated carbocycles. The highest BCUT2D eigenvalue weighted by molar-refractivity contribution is 7.10. The smallest absolute Gasteiger partial charge is 0.234 e. The molecule has 1 atom stereocenters. The molecule has 0 bridgehead atoms. The third-order valence-corrected chi connectivity index (χ3v) is 5.62. The number of carbonyl (C=O) groups excluding carboxylic acids is 1. The van der Waals surface area contributed by atoms with E-state index in [4.69, 9.17) is 6.42 Å². The fourth-order valence-electron chi connectivity index (χ4n) is 3.31. The summed E-state index contributed by atoms with van der Waals surface area (Å²) in [5, 5.41) is 5.08. The number of terminal acetylenes is 1. The first-order chi connectivity index (χ1) is 11.7. The van der Waals surface area contributed by atoms with Gasteiger partial charge in [0, 0.05) is 10.9 Å². The number of nitrogens with zero attached hydrogens (tertiary/aromatic N) is 1. The van der Waals surface area contributed by atoms with Crippen LogP contribution in [0.2, 0.25) is 0 Å². The summed E-state index contributed by atoms with van der Waals surface area (Å²) in [6, 6.07) is 10.8. The van der Waals surface area contributed by atoms with Crippen molar-refractivity contribution in [3.8, 4) is 12.3 Å². The molecule has 0 saturated heterocycles. The summed E-state index contributed by atoms with van der Waals surface area (Å²) in [7, 11) is 0. The molecule has 3 rings (SSSR count).